The summed E-state index contributed by atoms with van der Waals surface area (Å²) in [5.41, 5.74) is 0.522. The number of amides is 1. The second-order valence-corrected chi connectivity index (χ2v) is 4.77. The van der Waals surface area contributed by atoms with Crippen LogP contribution in [0.1, 0.15) is 6.92 Å². The summed E-state index contributed by atoms with van der Waals surface area (Å²) >= 11 is 5.81. The number of ether oxygens (including phenoxy) is 1. The molecule has 0 radical (unpaired) electrons. The van der Waals surface area contributed by atoms with Crippen molar-refractivity contribution in [3.63, 3.8) is 0 Å². The molecule has 21 heavy (non-hydrogen) atoms. The lowest BCUT2D eigenvalue weighted by Gasteiger charge is -2.15. The van der Waals surface area contributed by atoms with Crippen molar-refractivity contribution in [3.05, 3.63) is 59.1 Å². The minimum atomic E-state index is -1.03. The molecule has 1 amide bonds. The molecule has 6 heteroatoms. The van der Waals surface area contributed by atoms with Gasteiger partial charge in [0.2, 0.25) is 0 Å². The summed E-state index contributed by atoms with van der Waals surface area (Å²) in [6.07, 6.45) is -0.881. The maximum atomic E-state index is 13.1. The van der Waals surface area contributed by atoms with Crippen LogP contribution in [0.5, 0.6) is 5.75 Å². The average Bonchev–Trinajstić information content (AvgIpc) is 2.43. The van der Waals surface area contributed by atoms with Crippen molar-refractivity contribution in [2.45, 2.75) is 13.0 Å². The number of carbonyl (C=O) groups is 1. The van der Waals surface area contributed by atoms with Crippen LogP contribution in [0.15, 0.2) is 42.5 Å². The molecule has 0 aromatic heterocycles. The van der Waals surface area contributed by atoms with E-state index < -0.39 is 23.6 Å². The Hall–Kier alpha value is -2.14. The molecule has 0 aliphatic rings. The van der Waals surface area contributed by atoms with Gasteiger partial charge in [0.05, 0.1) is 0 Å². The van der Waals surface area contributed by atoms with Crippen molar-refractivity contribution in [2.24, 2.45) is 0 Å². The number of halogens is 3. The second kappa shape index (κ2) is 6.54. The van der Waals surface area contributed by atoms with Crippen molar-refractivity contribution < 1.29 is 18.3 Å². The molecule has 0 saturated carbocycles. The van der Waals surface area contributed by atoms with Crippen molar-refractivity contribution in [3.8, 4) is 5.75 Å². The monoisotopic (exact) mass is 311 g/mol. The third-order valence-corrected chi connectivity index (χ3v) is 2.90. The summed E-state index contributed by atoms with van der Waals surface area (Å²) in [4.78, 5) is 11.9. The minimum absolute atomic E-state index is 0.0719. The van der Waals surface area contributed by atoms with E-state index in [-0.39, 0.29) is 5.75 Å². The molecule has 0 aliphatic heterocycles. The Kier molecular flexibility index (Phi) is 4.75. The van der Waals surface area contributed by atoms with Crippen molar-refractivity contribution in [1.82, 2.24) is 0 Å². The van der Waals surface area contributed by atoms with Crippen LogP contribution in [0.3, 0.4) is 0 Å². The number of benzene rings is 2. The van der Waals surface area contributed by atoms with Gasteiger partial charge >= 0.3 is 0 Å². The van der Waals surface area contributed by atoms with Gasteiger partial charge in [-0.3, -0.25) is 4.79 Å². The quantitative estimate of drug-likeness (QED) is 0.926. The summed E-state index contributed by atoms with van der Waals surface area (Å²) in [7, 11) is 0. The standard InChI is InChI=1S/C15H12ClF2NO2/c1-9(21-12-5-6-13(17)14(18)8-12)15(20)19-11-4-2-3-10(16)7-11/h2-9H,1H3,(H,19,20)/t9-/m0/s1. The van der Waals surface area contributed by atoms with Gasteiger partial charge in [-0.25, -0.2) is 8.78 Å². The highest BCUT2D eigenvalue weighted by atomic mass is 35.5. The van der Waals surface area contributed by atoms with E-state index in [9.17, 15) is 13.6 Å². The van der Waals surface area contributed by atoms with Crippen LogP contribution in [0.25, 0.3) is 0 Å². The molecule has 0 spiro atoms. The largest absolute Gasteiger partial charge is 0.481 e. The van der Waals surface area contributed by atoms with Crippen LogP contribution in [-0.2, 0) is 4.79 Å². The van der Waals surface area contributed by atoms with Gasteiger partial charge in [0.1, 0.15) is 5.75 Å². The Labute approximate surface area is 125 Å². The molecular formula is C15H12ClF2NO2. The first-order valence-corrected chi connectivity index (χ1v) is 6.51. The second-order valence-electron chi connectivity index (χ2n) is 4.34. The van der Waals surface area contributed by atoms with Gasteiger partial charge < -0.3 is 10.1 Å². The van der Waals surface area contributed by atoms with Gasteiger partial charge in [-0.2, -0.15) is 0 Å². The van der Waals surface area contributed by atoms with Crippen LogP contribution < -0.4 is 10.1 Å². The summed E-state index contributed by atoms with van der Waals surface area (Å²) in [5, 5.41) is 3.10. The number of carbonyl (C=O) groups excluding carboxylic acids is 1. The zero-order valence-corrected chi connectivity index (χ0v) is 11.8. The molecule has 0 bridgehead atoms. The lowest BCUT2D eigenvalue weighted by atomic mass is 10.3. The Morgan fingerprint density at radius 3 is 2.62 bits per heavy atom. The maximum absolute atomic E-state index is 13.1. The van der Waals surface area contributed by atoms with E-state index in [1.165, 1.54) is 13.0 Å². The third kappa shape index (κ3) is 4.16. The fourth-order valence-electron chi connectivity index (χ4n) is 1.62. The van der Waals surface area contributed by atoms with Gasteiger partial charge in [-0.15, -0.1) is 0 Å². The van der Waals surface area contributed by atoms with Gasteiger partial charge in [0, 0.05) is 16.8 Å². The van der Waals surface area contributed by atoms with Crippen molar-refractivity contribution >= 4 is 23.2 Å². The summed E-state index contributed by atoms with van der Waals surface area (Å²) in [5.74, 6) is -2.36. The van der Waals surface area contributed by atoms with Crippen LogP contribution in [0.4, 0.5) is 14.5 Å². The van der Waals surface area contributed by atoms with Gasteiger partial charge in [0.15, 0.2) is 17.7 Å². The lowest BCUT2D eigenvalue weighted by Crippen LogP contribution is -2.30. The molecule has 2 aromatic rings. The minimum Gasteiger partial charge on any atom is -0.481 e. The van der Waals surface area contributed by atoms with Crippen LogP contribution in [0.2, 0.25) is 5.02 Å². The number of hydrogen-bond acceptors (Lipinski definition) is 2. The molecule has 110 valence electrons. The van der Waals surface area contributed by atoms with Gasteiger partial charge in [0.25, 0.3) is 5.91 Å². The predicted octanol–water partition coefficient (Wildman–Crippen LogP) is 4.02. The number of hydrogen-bond donors (Lipinski definition) is 1. The Morgan fingerprint density at radius 2 is 1.95 bits per heavy atom. The van der Waals surface area contributed by atoms with E-state index in [0.29, 0.717) is 10.7 Å². The van der Waals surface area contributed by atoms with E-state index in [0.717, 1.165) is 12.1 Å². The lowest BCUT2D eigenvalue weighted by molar-refractivity contribution is -0.122. The topological polar surface area (TPSA) is 38.3 Å². The normalized spacial score (nSPS) is 11.8. The molecule has 1 N–H and O–H groups in total. The summed E-state index contributed by atoms with van der Waals surface area (Å²) in [6.45, 7) is 1.50. The van der Waals surface area contributed by atoms with Crippen LogP contribution in [0, 0.1) is 11.6 Å². The molecule has 2 rings (SSSR count). The predicted molar refractivity (Wildman–Crippen MR) is 76.5 cm³/mol. The molecular weight excluding hydrogens is 300 g/mol. The zero-order valence-electron chi connectivity index (χ0n) is 11.1. The van der Waals surface area contributed by atoms with Crippen LogP contribution in [-0.4, -0.2) is 12.0 Å². The highest BCUT2D eigenvalue weighted by Gasteiger charge is 2.16. The highest BCUT2D eigenvalue weighted by molar-refractivity contribution is 6.30. The van der Waals surface area contributed by atoms with Crippen molar-refractivity contribution in [1.29, 1.82) is 0 Å². The van der Waals surface area contributed by atoms with E-state index >= 15 is 0 Å². The molecule has 0 heterocycles. The smallest absolute Gasteiger partial charge is 0.265 e. The Morgan fingerprint density at radius 1 is 1.19 bits per heavy atom. The maximum Gasteiger partial charge on any atom is 0.265 e. The SMILES string of the molecule is C[C@H](Oc1ccc(F)c(F)c1)C(=O)Nc1cccc(Cl)c1. The van der Waals surface area contributed by atoms with Crippen molar-refractivity contribution in [2.75, 3.05) is 5.32 Å². The van der Waals surface area contributed by atoms with Gasteiger partial charge in [-0.1, -0.05) is 17.7 Å². The summed E-state index contributed by atoms with van der Waals surface area (Å²) in [6, 6.07) is 9.71. The van der Waals surface area contributed by atoms with E-state index in [4.69, 9.17) is 16.3 Å². The number of rotatable bonds is 4. The van der Waals surface area contributed by atoms with Gasteiger partial charge in [-0.05, 0) is 37.3 Å². The Bertz CT molecular complexity index is 664. The molecule has 0 saturated heterocycles. The first-order chi connectivity index (χ1) is 9.95. The number of anilines is 1. The molecule has 2 aromatic carbocycles. The van der Waals surface area contributed by atoms with Crippen LogP contribution >= 0.6 is 11.6 Å². The molecule has 1 atom stereocenters. The average molecular weight is 312 g/mol. The molecule has 0 fully saturated rings. The van der Waals surface area contributed by atoms with E-state index in [1.807, 2.05) is 0 Å². The first kappa shape index (κ1) is 15.3. The molecule has 0 unspecified atom stereocenters. The zero-order chi connectivity index (χ0) is 15.4. The highest BCUT2D eigenvalue weighted by Crippen LogP contribution is 2.18. The first-order valence-electron chi connectivity index (χ1n) is 6.14. The summed E-state index contributed by atoms with van der Waals surface area (Å²) < 4.78 is 31.1. The number of nitrogens with one attached hydrogen (secondary N) is 1. The fraction of sp³-hybridized carbons (Fsp3) is 0.133. The molecule has 0 aliphatic carbocycles. The molecule has 3 nitrogen and oxygen atoms in total. The fourth-order valence-corrected chi connectivity index (χ4v) is 1.81. The Balaban J connectivity index is 2.00. The van der Waals surface area contributed by atoms with E-state index in [2.05, 4.69) is 5.32 Å². The third-order valence-electron chi connectivity index (χ3n) is 2.67. The van der Waals surface area contributed by atoms with E-state index in [1.54, 1.807) is 24.3 Å².